The zero-order chi connectivity index (χ0) is 13.0. The van der Waals surface area contributed by atoms with E-state index in [0.717, 1.165) is 12.2 Å². The number of hydrogen-bond donors (Lipinski definition) is 2. The molecule has 3 N–H and O–H groups in total. The van der Waals surface area contributed by atoms with Crippen LogP contribution in [0, 0.1) is 11.3 Å². The van der Waals surface area contributed by atoms with Crippen LogP contribution in [0.15, 0.2) is 18.6 Å². The van der Waals surface area contributed by atoms with E-state index in [4.69, 9.17) is 11.0 Å². The highest BCUT2D eigenvalue weighted by molar-refractivity contribution is 5.62. The molecule has 0 aliphatic carbocycles. The summed E-state index contributed by atoms with van der Waals surface area (Å²) in [6.07, 6.45) is 3.86. The molecule has 0 unspecified atom stereocenters. The van der Waals surface area contributed by atoms with E-state index in [1.54, 1.807) is 12.4 Å². The molecule has 2 rings (SSSR count). The monoisotopic (exact) mass is 243 g/mol. The zero-order valence-electron chi connectivity index (χ0n) is 9.96. The molecule has 0 saturated carbocycles. The van der Waals surface area contributed by atoms with E-state index >= 15 is 0 Å². The van der Waals surface area contributed by atoms with Gasteiger partial charge in [0.1, 0.15) is 24.0 Å². The van der Waals surface area contributed by atoms with E-state index in [9.17, 15) is 0 Å². The van der Waals surface area contributed by atoms with Gasteiger partial charge < -0.3 is 15.6 Å². The van der Waals surface area contributed by atoms with Crippen molar-refractivity contribution in [1.29, 1.82) is 5.26 Å². The zero-order valence-corrected chi connectivity index (χ0v) is 9.96. The van der Waals surface area contributed by atoms with E-state index in [1.165, 1.54) is 6.20 Å². The summed E-state index contributed by atoms with van der Waals surface area (Å²) < 4.78 is 1.86. The molecule has 2 aromatic rings. The Bertz CT molecular complexity index is 581. The van der Waals surface area contributed by atoms with Crippen LogP contribution in [-0.2, 0) is 13.5 Å². The molecule has 92 valence electrons. The summed E-state index contributed by atoms with van der Waals surface area (Å²) in [4.78, 5) is 4.09. The number of nitrogens with zero attached hydrogens (tertiary/aromatic N) is 5. The van der Waals surface area contributed by atoms with E-state index < -0.39 is 0 Å². The molecule has 0 radical (unpaired) electrons. The summed E-state index contributed by atoms with van der Waals surface area (Å²) in [7, 11) is 1.89. The number of anilines is 2. The van der Waals surface area contributed by atoms with Crippen molar-refractivity contribution in [2.45, 2.75) is 6.42 Å². The smallest absolute Gasteiger partial charge is 0.149 e. The Labute approximate surface area is 104 Å². The van der Waals surface area contributed by atoms with Crippen LogP contribution >= 0.6 is 0 Å². The number of aryl methyl sites for hydroxylation is 1. The average molecular weight is 243 g/mol. The molecule has 7 nitrogen and oxygen atoms in total. The van der Waals surface area contributed by atoms with Crippen molar-refractivity contribution >= 4 is 11.5 Å². The number of aromatic nitrogens is 4. The van der Waals surface area contributed by atoms with Crippen LogP contribution in [0.5, 0.6) is 0 Å². The first-order chi connectivity index (χ1) is 8.70. The highest BCUT2D eigenvalue weighted by atomic mass is 15.2. The molecule has 0 spiro atoms. The maximum Gasteiger partial charge on any atom is 0.149 e. The van der Waals surface area contributed by atoms with Gasteiger partial charge in [-0.05, 0) is 6.07 Å². The molecule has 0 aliphatic rings. The highest BCUT2D eigenvalue weighted by Gasteiger charge is 2.04. The van der Waals surface area contributed by atoms with Crippen molar-refractivity contribution in [3.63, 3.8) is 0 Å². The summed E-state index contributed by atoms with van der Waals surface area (Å²) in [5.41, 5.74) is 6.69. The van der Waals surface area contributed by atoms with Crippen LogP contribution in [0.3, 0.4) is 0 Å². The Balaban J connectivity index is 1.95. The predicted octanol–water partition coefficient (Wildman–Crippen LogP) is 0.319. The van der Waals surface area contributed by atoms with Crippen LogP contribution in [0.4, 0.5) is 11.5 Å². The Morgan fingerprint density at radius 3 is 3.00 bits per heavy atom. The van der Waals surface area contributed by atoms with Gasteiger partial charge in [-0.25, -0.2) is 4.98 Å². The standard InChI is InChI=1S/C11H13N7/c1-18-7-16-17-10(18)2-3-14-11-9(13)4-8(5-12)6-15-11/h4,6-7H,2-3,13H2,1H3,(H,14,15). The van der Waals surface area contributed by atoms with Gasteiger partial charge in [0.15, 0.2) is 0 Å². The van der Waals surface area contributed by atoms with Crippen LogP contribution < -0.4 is 11.1 Å². The van der Waals surface area contributed by atoms with E-state index in [-0.39, 0.29) is 0 Å². The fraction of sp³-hybridized carbons (Fsp3) is 0.273. The second-order valence-corrected chi connectivity index (χ2v) is 3.81. The minimum atomic E-state index is 0.450. The van der Waals surface area contributed by atoms with Crippen molar-refractivity contribution in [3.8, 4) is 6.07 Å². The Hall–Kier alpha value is -2.62. The Kier molecular flexibility index (Phi) is 3.38. The molecule has 18 heavy (non-hydrogen) atoms. The molecular weight excluding hydrogens is 230 g/mol. The van der Waals surface area contributed by atoms with Crippen LogP contribution in [-0.4, -0.2) is 26.3 Å². The van der Waals surface area contributed by atoms with Crippen molar-refractivity contribution < 1.29 is 0 Å². The lowest BCUT2D eigenvalue weighted by atomic mass is 10.2. The number of rotatable bonds is 4. The van der Waals surface area contributed by atoms with Gasteiger partial charge in [0.05, 0.1) is 11.3 Å². The molecule has 0 aliphatic heterocycles. The molecule has 0 atom stereocenters. The number of nitrogens with one attached hydrogen (secondary N) is 1. The fourth-order valence-corrected chi connectivity index (χ4v) is 1.52. The van der Waals surface area contributed by atoms with Gasteiger partial charge in [-0.15, -0.1) is 10.2 Å². The largest absolute Gasteiger partial charge is 0.396 e. The molecule has 0 saturated heterocycles. The van der Waals surface area contributed by atoms with Crippen LogP contribution in [0.2, 0.25) is 0 Å². The van der Waals surface area contributed by atoms with Crippen LogP contribution in [0.1, 0.15) is 11.4 Å². The van der Waals surface area contributed by atoms with Crippen molar-refractivity contribution in [1.82, 2.24) is 19.7 Å². The van der Waals surface area contributed by atoms with Crippen molar-refractivity contribution in [2.75, 3.05) is 17.6 Å². The summed E-state index contributed by atoms with van der Waals surface area (Å²) in [6, 6.07) is 3.58. The summed E-state index contributed by atoms with van der Waals surface area (Å²) >= 11 is 0. The molecule has 2 heterocycles. The molecule has 0 aromatic carbocycles. The number of pyridine rings is 1. The maximum atomic E-state index is 8.70. The van der Waals surface area contributed by atoms with E-state index in [2.05, 4.69) is 20.5 Å². The second kappa shape index (κ2) is 5.14. The van der Waals surface area contributed by atoms with Gasteiger partial charge in [0.25, 0.3) is 0 Å². The first-order valence-corrected chi connectivity index (χ1v) is 5.43. The molecule has 7 heteroatoms. The van der Waals surface area contributed by atoms with E-state index in [1.807, 2.05) is 17.7 Å². The first kappa shape index (κ1) is 11.9. The first-order valence-electron chi connectivity index (χ1n) is 5.43. The number of nitriles is 1. The summed E-state index contributed by atoms with van der Waals surface area (Å²) in [5, 5.41) is 19.6. The highest BCUT2D eigenvalue weighted by Crippen LogP contribution is 2.15. The van der Waals surface area contributed by atoms with Gasteiger partial charge >= 0.3 is 0 Å². The van der Waals surface area contributed by atoms with Gasteiger partial charge in [-0.2, -0.15) is 5.26 Å². The van der Waals surface area contributed by atoms with Gasteiger partial charge in [-0.1, -0.05) is 0 Å². The lowest BCUT2D eigenvalue weighted by Crippen LogP contribution is -2.11. The minimum Gasteiger partial charge on any atom is -0.396 e. The predicted molar refractivity (Wildman–Crippen MR) is 66.6 cm³/mol. The molecule has 0 bridgehead atoms. The average Bonchev–Trinajstić information content (AvgIpc) is 2.77. The fourth-order valence-electron chi connectivity index (χ4n) is 1.52. The Morgan fingerprint density at radius 2 is 2.39 bits per heavy atom. The quantitative estimate of drug-likeness (QED) is 0.801. The maximum absolute atomic E-state index is 8.70. The Morgan fingerprint density at radius 1 is 1.56 bits per heavy atom. The van der Waals surface area contributed by atoms with Crippen molar-refractivity contribution in [2.24, 2.45) is 7.05 Å². The third-order valence-electron chi connectivity index (χ3n) is 2.49. The number of hydrogen-bond acceptors (Lipinski definition) is 6. The van der Waals surface area contributed by atoms with Gasteiger partial charge in [0, 0.05) is 26.2 Å². The summed E-state index contributed by atoms with van der Waals surface area (Å²) in [6.45, 7) is 0.648. The second-order valence-electron chi connectivity index (χ2n) is 3.81. The SMILES string of the molecule is Cn1cnnc1CCNc1ncc(C#N)cc1N. The molecule has 2 aromatic heterocycles. The van der Waals surface area contributed by atoms with E-state index in [0.29, 0.717) is 23.6 Å². The number of nitrogens with two attached hydrogens (primary N) is 1. The van der Waals surface area contributed by atoms with Crippen LogP contribution in [0.25, 0.3) is 0 Å². The molecule has 0 fully saturated rings. The lowest BCUT2D eigenvalue weighted by Gasteiger charge is -2.07. The van der Waals surface area contributed by atoms with Gasteiger partial charge in [-0.3, -0.25) is 0 Å². The third kappa shape index (κ3) is 2.55. The lowest BCUT2D eigenvalue weighted by molar-refractivity contribution is 0.787. The van der Waals surface area contributed by atoms with Crippen molar-refractivity contribution in [3.05, 3.63) is 30.0 Å². The normalized spacial score (nSPS) is 10.0. The topological polar surface area (TPSA) is 105 Å². The molecular formula is C11H13N7. The molecule has 0 amide bonds. The van der Waals surface area contributed by atoms with Gasteiger partial charge in [0.2, 0.25) is 0 Å². The third-order valence-corrected chi connectivity index (χ3v) is 2.49. The number of nitrogen functional groups attached to an aromatic ring is 1. The summed E-state index contributed by atoms with van der Waals surface area (Å²) in [5.74, 6) is 1.46. The minimum absolute atomic E-state index is 0.450.